The van der Waals surface area contributed by atoms with Crippen LogP contribution in [0.2, 0.25) is 5.02 Å². The molecule has 0 fully saturated rings. The summed E-state index contributed by atoms with van der Waals surface area (Å²) >= 11 is 6.22. The van der Waals surface area contributed by atoms with E-state index in [1.165, 1.54) is 0 Å². The van der Waals surface area contributed by atoms with E-state index in [2.05, 4.69) is 5.32 Å². The molecule has 0 spiro atoms. The highest BCUT2D eigenvalue weighted by atomic mass is 35.5. The molecule has 0 aliphatic rings. The van der Waals surface area contributed by atoms with Gasteiger partial charge in [0.15, 0.2) is 0 Å². The molecule has 1 nitrogen and oxygen atoms in total. The maximum atomic E-state index is 14.3. The van der Waals surface area contributed by atoms with Crippen molar-refractivity contribution < 1.29 is 4.39 Å². The second-order valence-corrected chi connectivity index (χ2v) is 5.13. The van der Waals surface area contributed by atoms with Gasteiger partial charge in [-0.05, 0) is 49.7 Å². The topological polar surface area (TPSA) is 12.0 Å². The highest BCUT2D eigenvalue weighted by Crippen LogP contribution is 2.31. The van der Waals surface area contributed by atoms with Crippen molar-refractivity contribution >= 4 is 11.6 Å². The minimum absolute atomic E-state index is 0.197. The van der Waals surface area contributed by atoms with E-state index in [4.69, 9.17) is 11.6 Å². The summed E-state index contributed by atoms with van der Waals surface area (Å²) < 4.78 is 14.3. The van der Waals surface area contributed by atoms with Gasteiger partial charge in [0, 0.05) is 10.6 Å². The Morgan fingerprint density at radius 1 is 1.16 bits per heavy atom. The van der Waals surface area contributed by atoms with Crippen LogP contribution in [0.1, 0.15) is 28.3 Å². The Bertz CT molecular complexity index is 572. The third kappa shape index (κ3) is 2.80. The van der Waals surface area contributed by atoms with Crippen molar-refractivity contribution in [3.8, 4) is 0 Å². The van der Waals surface area contributed by atoms with Crippen LogP contribution in [0.5, 0.6) is 0 Å². The van der Waals surface area contributed by atoms with Gasteiger partial charge in [0.05, 0.1) is 6.04 Å². The van der Waals surface area contributed by atoms with Gasteiger partial charge in [-0.3, -0.25) is 0 Å². The smallest absolute Gasteiger partial charge is 0.128 e. The average Bonchev–Trinajstić information content (AvgIpc) is 2.34. The molecule has 0 amide bonds. The fraction of sp³-hybridized carbons (Fsp3) is 0.250. The average molecular weight is 278 g/mol. The standard InChI is InChI=1S/C16H17ClFN/c1-10-8-11(2)15(14(18)9-10)16(19-3)12-6-4-5-7-13(12)17/h4-9,16,19H,1-3H3. The monoisotopic (exact) mass is 277 g/mol. The van der Waals surface area contributed by atoms with Crippen molar-refractivity contribution in [1.29, 1.82) is 0 Å². The lowest BCUT2D eigenvalue weighted by Crippen LogP contribution is -2.20. The van der Waals surface area contributed by atoms with E-state index in [0.29, 0.717) is 10.6 Å². The van der Waals surface area contributed by atoms with Crippen LogP contribution >= 0.6 is 11.6 Å². The highest BCUT2D eigenvalue weighted by molar-refractivity contribution is 6.31. The van der Waals surface area contributed by atoms with Crippen molar-refractivity contribution in [2.45, 2.75) is 19.9 Å². The van der Waals surface area contributed by atoms with Gasteiger partial charge >= 0.3 is 0 Å². The molecule has 2 aromatic rings. The molecule has 2 aromatic carbocycles. The van der Waals surface area contributed by atoms with Gasteiger partial charge in [0.25, 0.3) is 0 Å². The maximum Gasteiger partial charge on any atom is 0.128 e. The van der Waals surface area contributed by atoms with Gasteiger partial charge in [0.2, 0.25) is 0 Å². The Hall–Kier alpha value is -1.38. The highest BCUT2D eigenvalue weighted by Gasteiger charge is 2.20. The first-order chi connectivity index (χ1) is 9.04. The molecule has 0 bridgehead atoms. The largest absolute Gasteiger partial charge is 0.309 e. The lowest BCUT2D eigenvalue weighted by Gasteiger charge is -2.21. The summed E-state index contributed by atoms with van der Waals surface area (Å²) in [5.41, 5.74) is 3.39. The molecule has 1 N–H and O–H groups in total. The minimum atomic E-state index is -0.241. The lowest BCUT2D eigenvalue weighted by molar-refractivity contribution is 0.572. The molecule has 2 rings (SSSR count). The van der Waals surface area contributed by atoms with E-state index in [9.17, 15) is 4.39 Å². The number of benzene rings is 2. The van der Waals surface area contributed by atoms with Crippen LogP contribution in [0, 0.1) is 19.7 Å². The van der Waals surface area contributed by atoms with Gasteiger partial charge < -0.3 is 5.32 Å². The molecule has 0 saturated carbocycles. The van der Waals surface area contributed by atoms with E-state index in [0.717, 1.165) is 16.7 Å². The second kappa shape index (κ2) is 5.72. The van der Waals surface area contributed by atoms with Crippen molar-refractivity contribution in [3.05, 3.63) is 69.5 Å². The zero-order chi connectivity index (χ0) is 14.0. The number of hydrogen-bond acceptors (Lipinski definition) is 1. The van der Waals surface area contributed by atoms with E-state index in [1.54, 1.807) is 6.07 Å². The minimum Gasteiger partial charge on any atom is -0.309 e. The van der Waals surface area contributed by atoms with Crippen molar-refractivity contribution in [2.24, 2.45) is 0 Å². The molecule has 0 aromatic heterocycles. The first-order valence-corrected chi connectivity index (χ1v) is 6.60. The third-order valence-corrected chi connectivity index (χ3v) is 3.62. The molecule has 0 aliphatic heterocycles. The molecular weight excluding hydrogens is 261 g/mol. The van der Waals surface area contributed by atoms with Crippen LogP contribution in [0.15, 0.2) is 36.4 Å². The van der Waals surface area contributed by atoms with Crippen LogP contribution in [-0.4, -0.2) is 7.05 Å². The second-order valence-electron chi connectivity index (χ2n) is 4.72. The molecule has 0 aliphatic carbocycles. The summed E-state index contributed by atoms with van der Waals surface area (Å²) in [5.74, 6) is -0.197. The fourth-order valence-electron chi connectivity index (χ4n) is 2.46. The van der Waals surface area contributed by atoms with Gasteiger partial charge in [-0.15, -0.1) is 0 Å². The number of rotatable bonds is 3. The molecular formula is C16H17ClFN. The van der Waals surface area contributed by atoms with Gasteiger partial charge in [-0.2, -0.15) is 0 Å². The molecule has 19 heavy (non-hydrogen) atoms. The molecule has 0 radical (unpaired) electrons. The number of hydrogen-bond donors (Lipinski definition) is 1. The third-order valence-electron chi connectivity index (χ3n) is 3.27. The summed E-state index contributed by atoms with van der Waals surface area (Å²) in [4.78, 5) is 0. The van der Waals surface area contributed by atoms with Gasteiger partial charge in [0.1, 0.15) is 5.82 Å². The zero-order valence-corrected chi connectivity index (χ0v) is 12.1. The van der Waals surface area contributed by atoms with Crippen LogP contribution in [-0.2, 0) is 0 Å². The predicted octanol–water partition coefficient (Wildman–Crippen LogP) is 4.40. The Labute approximate surface area is 118 Å². The quantitative estimate of drug-likeness (QED) is 0.876. The molecule has 3 heteroatoms. The predicted molar refractivity (Wildman–Crippen MR) is 78.2 cm³/mol. The summed E-state index contributed by atoms with van der Waals surface area (Å²) in [7, 11) is 1.81. The molecule has 1 unspecified atom stereocenters. The Morgan fingerprint density at radius 3 is 2.42 bits per heavy atom. The first kappa shape index (κ1) is 14.0. The summed E-state index contributed by atoms with van der Waals surface area (Å²) in [6.45, 7) is 3.82. The number of halogens is 2. The van der Waals surface area contributed by atoms with Crippen LogP contribution < -0.4 is 5.32 Å². The molecule has 0 heterocycles. The summed E-state index contributed by atoms with van der Waals surface area (Å²) in [6.07, 6.45) is 0. The van der Waals surface area contributed by atoms with Gasteiger partial charge in [-0.1, -0.05) is 35.9 Å². The van der Waals surface area contributed by atoms with Crippen LogP contribution in [0.3, 0.4) is 0 Å². The van der Waals surface area contributed by atoms with E-state index < -0.39 is 0 Å². The number of aryl methyl sites for hydroxylation is 2. The summed E-state index contributed by atoms with van der Waals surface area (Å²) in [6, 6.07) is 10.8. The van der Waals surface area contributed by atoms with Crippen molar-refractivity contribution in [2.75, 3.05) is 7.05 Å². The molecule has 0 saturated heterocycles. The van der Waals surface area contributed by atoms with Gasteiger partial charge in [-0.25, -0.2) is 4.39 Å². The first-order valence-electron chi connectivity index (χ1n) is 6.23. The Balaban J connectivity index is 2.58. The Kier molecular flexibility index (Phi) is 4.23. The fourth-order valence-corrected chi connectivity index (χ4v) is 2.70. The SMILES string of the molecule is CNC(c1ccccc1Cl)c1c(C)cc(C)cc1F. The van der Waals surface area contributed by atoms with E-state index in [-0.39, 0.29) is 11.9 Å². The maximum absolute atomic E-state index is 14.3. The summed E-state index contributed by atoms with van der Waals surface area (Å²) in [5, 5.41) is 3.79. The normalized spacial score (nSPS) is 12.5. The molecule has 1 atom stereocenters. The van der Waals surface area contributed by atoms with Crippen molar-refractivity contribution in [3.63, 3.8) is 0 Å². The van der Waals surface area contributed by atoms with Crippen LogP contribution in [0.25, 0.3) is 0 Å². The van der Waals surface area contributed by atoms with Crippen molar-refractivity contribution in [1.82, 2.24) is 5.32 Å². The van der Waals surface area contributed by atoms with E-state index in [1.807, 2.05) is 51.2 Å². The number of nitrogens with one attached hydrogen (secondary N) is 1. The van der Waals surface area contributed by atoms with Crippen LogP contribution in [0.4, 0.5) is 4.39 Å². The Morgan fingerprint density at radius 2 is 1.84 bits per heavy atom. The molecule has 100 valence electrons. The van der Waals surface area contributed by atoms with E-state index >= 15 is 0 Å². The zero-order valence-electron chi connectivity index (χ0n) is 11.3. The lowest BCUT2D eigenvalue weighted by atomic mass is 9.93.